The van der Waals surface area contributed by atoms with Crippen molar-refractivity contribution in [1.29, 1.82) is 0 Å². The fourth-order valence-electron chi connectivity index (χ4n) is 5.95. The average Bonchev–Trinajstić information content (AvgIpc) is 3.35. The highest BCUT2D eigenvalue weighted by atomic mass is 35.5. The van der Waals surface area contributed by atoms with Crippen LogP contribution in [0.2, 0.25) is 5.15 Å². The summed E-state index contributed by atoms with van der Waals surface area (Å²) in [6.45, 7) is 4.64. The number of hydrogen-bond acceptors (Lipinski definition) is 6. The third-order valence-corrected chi connectivity index (χ3v) is 8.68. The Bertz CT molecular complexity index is 1710. The Kier molecular flexibility index (Phi) is 8.08. The van der Waals surface area contributed by atoms with E-state index < -0.39 is 12.0 Å². The first kappa shape index (κ1) is 29.4. The van der Waals surface area contributed by atoms with Crippen molar-refractivity contribution in [1.82, 2.24) is 24.3 Å². The third-order valence-electron chi connectivity index (χ3n) is 8.40. The number of piperidine rings is 1. The van der Waals surface area contributed by atoms with E-state index in [2.05, 4.69) is 10.3 Å². The van der Waals surface area contributed by atoms with Crippen molar-refractivity contribution in [2.75, 3.05) is 32.8 Å². The Morgan fingerprint density at radius 1 is 1.19 bits per heavy atom. The summed E-state index contributed by atoms with van der Waals surface area (Å²) in [6, 6.07) is 13.0. The summed E-state index contributed by atoms with van der Waals surface area (Å²) < 4.78 is 34.4. The fourth-order valence-corrected chi connectivity index (χ4v) is 6.24. The van der Waals surface area contributed by atoms with Gasteiger partial charge in [0, 0.05) is 36.4 Å². The summed E-state index contributed by atoms with van der Waals surface area (Å²) in [7, 11) is 0. The summed E-state index contributed by atoms with van der Waals surface area (Å²) in [6.07, 6.45) is -0.697. The summed E-state index contributed by atoms with van der Waals surface area (Å²) in [5.41, 5.74) is 2.00. The molecule has 4 aromatic rings. The number of benzene rings is 2. The van der Waals surface area contributed by atoms with E-state index in [9.17, 15) is 23.5 Å². The highest BCUT2D eigenvalue weighted by molar-refractivity contribution is 6.31. The summed E-state index contributed by atoms with van der Waals surface area (Å²) in [5, 5.41) is 15.5. The molecule has 0 aliphatic carbocycles. The quantitative estimate of drug-likeness (QED) is 0.335. The minimum absolute atomic E-state index is 0.00690. The van der Waals surface area contributed by atoms with Crippen molar-refractivity contribution in [3.8, 4) is 5.69 Å². The van der Waals surface area contributed by atoms with Crippen molar-refractivity contribution in [2.45, 2.75) is 44.4 Å². The smallest absolute Gasteiger partial charge is 0.263 e. The zero-order valence-electron chi connectivity index (χ0n) is 23.6. The number of halogens is 3. The molecule has 2 saturated heterocycles. The molecule has 2 aliphatic rings. The van der Waals surface area contributed by atoms with Crippen LogP contribution in [0, 0.1) is 6.92 Å². The zero-order valence-corrected chi connectivity index (χ0v) is 24.4. The molecule has 2 N–H and O–H groups in total. The summed E-state index contributed by atoms with van der Waals surface area (Å²) >= 11 is 6.63. The second-order valence-electron chi connectivity index (χ2n) is 11.3. The second-order valence-corrected chi connectivity index (χ2v) is 11.7. The lowest BCUT2D eigenvalue weighted by atomic mass is 9.91. The topological polar surface area (TPSA) is 102 Å². The van der Waals surface area contributed by atoms with Gasteiger partial charge in [0.25, 0.3) is 17.9 Å². The number of aromatic nitrogens is 3. The number of hydrogen-bond donors (Lipinski definition) is 2. The van der Waals surface area contributed by atoms with E-state index in [0.29, 0.717) is 35.0 Å². The van der Waals surface area contributed by atoms with Crippen molar-refractivity contribution in [3.63, 3.8) is 0 Å². The highest BCUT2D eigenvalue weighted by Gasteiger charge is 2.35. The fraction of sp³-hybridized carbons (Fsp3) is 0.387. The molecule has 4 heterocycles. The first-order chi connectivity index (χ1) is 20.6. The van der Waals surface area contributed by atoms with Crippen molar-refractivity contribution in [2.24, 2.45) is 0 Å². The van der Waals surface area contributed by atoms with Gasteiger partial charge in [-0.15, -0.1) is 0 Å². The predicted molar refractivity (Wildman–Crippen MR) is 158 cm³/mol. The van der Waals surface area contributed by atoms with Crippen LogP contribution < -0.4 is 10.9 Å². The van der Waals surface area contributed by atoms with Crippen molar-refractivity contribution >= 4 is 28.5 Å². The molecule has 0 saturated carbocycles. The molecule has 1 amide bonds. The Balaban J connectivity index is 1.18. The van der Waals surface area contributed by atoms with E-state index in [-0.39, 0.29) is 55.5 Å². The van der Waals surface area contributed by atoms with Gasteiger partial charge in [-0.1, -0.05) is 29.8 Å². The number of aliphatic hydroxyl groups is 1. The van der Waals surface area contributed by atoms with Crippen LogP contribution in [0.15, 0.2) is 59.7 Å². The standard InChI is InChI=1S/C31H32ClF2N5O4/c1-19-14-22(6-7-23(19)25-16-43-13-10-35-25)39-26(32)15-24-28(39)36-18-38(30(24)41)17-31(42)8-11-37(12-9-31)29(40)21-4-2-20(3-5-21)27(33)34/h2-7,14-15,18,25,27,35,42H,8-13,16-17H2,1H3. The molecule has 0 radical (unpaired) electrons. The van der Waals surface area contributed by atoms with Gasteiger partial charge >= 0.3 is 0 Å². The molecule has 226 valence electrons. The molecule has 6 rings (SSSR count). The number of nitrogens with zero attached hydrogens (tertiary/aromatic N) is 4. The van der Waals surface area contributed by atoms with E-state index >= 15 is 0 Å². The average molecular weight is 612 g/mol. The van der Waals surface area contributed by atoms with Crippen LogP contribution in [0.25, 0.3) is 16.7 Å². The molecule has 9 nitrogen and oxygen atoms in total. The molecule has 12 heteroatoms. The Morgan fingerprint density at radius 2 is 1.93 bits per heavy atom. The van der Waals surface area contributed by atoms with Crippen molar-refractivity contribution in [3.05, 3.63) is 92.6 Å². The maximum absolute atomic E-state index is 13.5. The van der Waals surface area contributed by atoms with Gasteiger partial charge in [-0.2, -0.15) is 0 Å². The molecule has 0 spiro atoms. The van der Waals surface area contributed by atoms with E-state index in [4.69, 9.17) is 16.3 Å². The molecule has 2 aromatic carbocycles. The number of aryl methyl sites for hydroxylation is 1. The number of rotatable bonds is 6. The van der Waals surface area contributed by atoms with Gasteiger partial charge < -0.3 is 20.1 Å². The largest absolute Gasteiger partial charge is 0.388 e. The zero-order chi connectivity index (χ0) is 30.3. The minimum atomic E-state index is -2.60. The molecule has 2 fully saturated rings. The van der Waals surface area contributed by atoms with Gasteiger partial charge in [-0.3, -0.25) is 18.7 Å². The lowest BCUT2D eigenvalue weighted by molar-refractivity contribution is -0.0299. The Hall–Kier alpha value is -3.64. The molecule has 1 unspecified atom stereocenters. The number of nitrogens with one attached hydrogen (secondary N) is 1. The minimum Gasteiger partial charge on any atom is -0.388 e. The van der Waals surface area contributed by atoms with Gasteiger partial charge in [0.2, 0.25) is 0 Å². The van der Waals surface area contributed by atoms with Crippen LogP contribution >= 0.6 is 11.6 Å². The highest BCUT2D eigenvalue weighted by Crippen LogP contribution is 2.30. The maximum Gasteiger partial charge on any atom is 0.263 e. The number of carbonyl (C=O) groups is 1. The predicted octanol–water partition coefficient (Wildman–Crippen LogP) is 4.41. The van der Waals surface area contributed by atoms with Crippen LogP contribution in [-0.4, -0.2) is 68.5 Å². The van der Waals surface area contributed by atoms with Gasteiger partial charge in [0.1, 0.15) is 11.5 Å². The lowest BCUT2D eigenvalue weighted by Crippen LogP contribution is -2.49. The Labute approximate surface area is 251 Å². The molecule has 1 atom stereocenters. The van der Waals surface area contributed by atoms with Gasteiger partial charge in [0.05, 0.1) is 36.8 Å². The summed E-state index contributed by atoms with van der Waals surface area (Å²) in [4.78, 5) is 32.5. The Morgan fingerprint density at radius 3 is 2.58 bits per heavy atom. The normalized spacial score (nSPS) is 18.8. The van der Waals surface area contributed by atoms with Crippen LogP contribution in [0.1, 0.15) is 52.4 Å². The van der Waals surface area contributed by atoms with Crippen LogP contribution in [0.3, 0.4) is 0 Å². The van der Waals surface area contributed by atoms with Gasteiger partial charge in [-0.25, -0.2) is 13.8 Å². The van der Waals surface area contributed by atoms with E-state index in [1.807, 2.05) is 25.1 Å². The summed E-state index contributed by atoms with van der Waals surface area (Å²) in [5.74, 6) is -0.286. The SMILES string of the molecule is Cc1cc(-n2c(Cl)cc3c(=O)n(CC4(O)CCN(C(=O)c5ccc(C(F)F)cc5)CC4)cnc32)ccc1C1COCCN1. The molecular formula is C31H32ClF2N5O4. The number of ether oxygens (including phenoxy) is 1. The number of likely N-dealkylation sites (tertiary alicyclic amines) is 1. The molecule has 43 heavy (non-hydrogen) atoms. The number of amides is 1. The molecular weight excluding hydrogens is 580 g/mol. The van der Waals surface area contributed by atoms with Gasteiger partial charge in [-0.05, 0) is 61.2 Å². The monoisotopic (exact) mass is 611 g/mol. The van der Waals surface area contributed by atoms with Crippen LogP contribution in [0.5, 0.6) is 0 Å². The number of carbonyl (C=O) groups excluding carboxylic acids is 1. The first-order valence-corrected chi connectivity index (χ1v) is 14.6. The first-order valence-electron chi connectivity index (χ1n) is 14.2. The number of morpholine rings is 1. The molecule has 0 bridgehead atoms. The number of alkyl halides is 2. The van der Waals surface area contributed by atoms with Crippen LogP contribution in [-0.2, 0) is 11.3 Å². The third kappa shape index (κ3) is 5.82. The molecule has 2 aliphatic heterocycles. The van der Waals surface area contributed by atoms with E-state index in [1.165, 1.54) is 35.2 Å². The molecule has 2 aromatic heterocycles. The van der Waals surface area contributed by atoms with Crippen LogP contribution in [0.4, 0.5) is 8.78 Å². The van der Waals surface area contributed by atoms with Gasteiger partial charge in [0.15, 0.2) is 5.65 Å². The second kappa shape index (κ2) is 11.8. The van der Waals surface area contributed by atoms with E-state index in [1.54, 1.807) is 15.5 Å². The maximum atomic E-state index is 13.5. The van der Waals surface area contributed by atoms with Crippen molar-refractivity contribution < 1.29 is 23.4 Å². The number of fused-ring (bicyclic) bond motifs is 1. The van der Waals surface area contributed by atoms with E-state index in [0.717, 1.165) is 23.4 Å². The lowest BCUT2D eigenvalue weighted by Gasteiger charge is -2.38.